The summed E-state index contributed by atoms with van der Waals surface area (Å²) in [6.45, 7) is 0.118. The highest BCUT2D eigenvalue weighted by Gasteiger charge is 2.39. The van der Waals surface area contributed by atoms with E-state index >= 15 is 0 Å². The molecule has 6 nitrogen and oxygen atoms in total. The van der Waals surface area contributed by atoms with Crippen LogP contribution in [0.1, 0.15) is 0 Å². The molecule has 0 bridgehead atoms. The molecule has 0 saturated carbocycles. The van der Waals surface area contributed by atoms with Crippen molar-refractivity contribution in [2.24, 2.45) is 0 Å². The highest BCUT2D eigenvalue weighted by Crippen LogP contribution is 2.31. The summed E-state index contributed by atoms with van der Waals surface area (Å²) in [5.41, 5.74) is 0. The van der Waals surface area contributed by atoms with Crippen LogP contribution in [0.25, 0.3) is 0 Å². The van der Waals surface area contributed by atoms with Crippen LogP contribution in [0, 0.1) is 0 Å². The Balaban J connectivity index is 2.39. The number of hydrogen-bond acceptors (Lipinski definition) is 5. The number of ether oxygens (including phenoxy) is 1. The molecule has 2 rings (SSSR count). The summed E-state index contributed by atoms with van der Waals surface area (Å²) in [6.07, 6.45) is 0. The van der Waals surface area contributed by atoms with Gasteiger partial charge >= 0.3 is 5.97 Å². The van der Waals surface area contributed by atoms with Crippen molar-refractivity contribution in [1.82, 2.24) is 4.31 Å². The Bertz CT molecular complexity index is 555. The van der Waals surface area contributed by atoms with Gasteiger partial charge in [-0.1, -0.05) is 0 Å². The first-order valence-corrected chi connectivity index (χ1v) is 8.11. The molecule has 1 aliphatic rings. The number of nitrogens with zero attached hydrogens (tertiary/aromatic N) is 1. The normalized spacial score (nSPS) is 21.9. The van der Waals surface area contributed by atoms with Crippen molar-refractivity contribution in [3.8, 4) is 0 Å². The van der Waals surface area contributed by atoms with Crippen molar-refractivity contribution in [3.05, 3.63) is 15.9 Å². The SMILES string of the molecule is O=C(O)C1COCCN1S(=O)(=O)c1sccc1Br. The van der Waals surface area contributed by atoms with Crippen molar-refractivity contribution in [3.63, 3.8) is 0 Å². The Labute approximate surface area is 116 Å². The van der Waals surface area contributed by atoms with Gasteiger partial charge in [0.2, 0.25) is 0 Å². The Morgan fingerprint density at radius 3 is 2.89 bits per heavy atom. The standard InChI is InChI=1S/C9H10BrNO5S2/c10-6-1-4-17-9(6)18(14,15)11-2-3-16-5-7(11)8(12)13/h1,4,7H,2-3,5H2,(H,12,13). The summed E-state index contributed by atoms with van der Waals surface area (Å²) < 4.78 is 31.3. The molecular weight excluding hydrogens is 346 g/mol. The fourth-order valence-electron chi connectivity index (χ4n) is 1.64. The van der Waals surface area contributed by atoms with Gasteiger partial charge in [-0.25, -0.2) is 8.42 Å². The number of thiophene rings is 1. The molecule has 1 N–H and O–H groups in total. The molecule has 1 aliphatic heterocycles. The average Bonchev–Trinajstić information content (AvgIpc) is 2.76. The molecule has 1 saturated heterocycles. The number of hydrogen-bond donors (Lipinski definition) is 1. The minimum absolute atomic E-state index is 0.0453. The van der Waals surface area contributed by atoms with E-state index in [0.29, 0.717) is 4.47 Å². The summed E-state index contributed by atoms with van der Waals surface area (Å²) in [7, 11) is -3.80. The second-order valence-corrected chi connectivity index (χ2v) is 7.46. The fraction of sp³-hybridized carbons (Fsp3) is 0.444. The average molecular weight is 356 g/mol. The fourth-order valence-corrected chi connectivity index (χ4v) is 5.62. The summed E-state index contributed by atoms with van der Waals surface area (Å²) in [6, 6.07) is 0.450. The van der Waals surface area contributed by atoms with Crippen molar-refractivity contribution in [2.75, 3.05) is 19.8 Å². The number of aliphatic carboxylic acids is 1. The molecule has 1 atom stereocenters. The number of carbonyl (C=O) groups is 1. The minimum atomic E-state index is -3.80. The Kier molecular flexibility index (Phi) is 4.07. The summed E-state index contributed by atoms with van der Waals surface area (Å²) in [4.78, 5) is 11.1. The van der Waals surface area contributed by atoms with Crippen molar-refractivity contribution < 1.29 is 23.1 Å². The van der Waals surface area contributed by atoms with Crippen LogP contribution < -0.4 is 0 Å². The predicted molar refractivity (Wildman–Crippen MR) is 68.2 cm³/mol. The van der Waals surface area contributed by atoms with E-state index in [2.05, 4.69) is 15.9 Å². The molecule has 0 aromatic carbocycles. The molecule has 2 heterocycles. The molecule has 0 spiro atoms. The monoisotopic (exact) mass is 355 g/mol. The van der Waals surface area contributed by atoms with Crippen LogP contribution in [0.4, 0.5) is 0 Å². The van der Waals surface area contributed by atoms with E-state index in [1.165, 1.54) is 0 Å². The second kappa shape index (κ2) is 5.25. The van der Waals surface area contributed by atoms with Gasteiger partial charge in [0.1, 0.15) is 10.3 Å². The first-order valence-electron chi connectivity index (χ1n) is 5.00. The molecular formula is C9H10BrNO5S2. The predicted octanol–water partition coefficient (Wildman–Crippen LogP) is 0.985. The molecule has 1 fully saturated rings. The third-order valence-corrected chi connectivity index (χ3v) is 7.05. The molecule has 100 valence electrons. The first-order chi connectivity index (χ1) is 8.44. The van der Waals surface area contributed by atoms with Gasteiger partial charge in [-0.15, -0.1) is 11.3 Å². The topological polar surface area (TPSA) is 83.9 Å². The number of carboxylic acid groups (broad SMARTS) is 1. The van der Waals surface area contributed by atoms with Crippen LogP contribution in [0.15, 0.2) is 20.1 Å². The number of morpholine rings is 1. The van der Waals surface area contributed by atoms with Gasteiger partial charge in [-0.3, -0.25) is 4.79 Å². The van der Waals surface area contributed by atoms with E-state index in [1.54, 1.807) is 11.4 Å². The van der Waals surface area contributed by atoms with E-state index < -0.39 is 22.0 Å². The van der Waals surface area contributed by atoms with Crippen LogP contribution in [0.3, 0.4) is 0 Å². The first kappa shape index (κ1) is 13.9. The Morgan fingerprint density at radius 1 is 1.61 bits per heavy atom. The maximum Gasteiger partial charge on any atom is 0.324 e. The zero-order chi connectivity index (χ0) is 13.3. The lowest BCUT2D eigenvalue weighted by Crippen LogP contribution is -2.52. The summed E-state index contributed by atoms with van der Waals surface area (Å²) in [5.74, 6) is -1.20. The molecule has 9 heteroatoms. The highest BCUT2D eigenvalue weighted by atomic mass is 79.9. The Hall–Kier alpha value is -0.480. The third-order valence-electron chi connectivity index (χ3n) is 2.49. The van der Waals surface area contributed by atoms with Gasteiger partial charge in [0.25, 0.3) is 10.0 Å². The van der Waals surface area contributed by atoms with E-state index in [0.717, 1.165) is 15.6 Å². The molecule has 0 amide bonds. The Morgan fingerprint density at radius 2 is 2.33 bits per heavy atom. The largest absolute Gasteiger partial charge is 0.480 e. The van der Waals surface area contributed by atoms with E-state index in [-0.39, 0.29) is 24.0 Å². The summed E-state index contributed by atoms with van der Waals surface area (Å²) >= 11 is 4.21. The van der Waals surface area contributed by atoms with E-state index in [9.17, 15) is 13.2 Å². The summed E-state index contributed by atoms with van der Waals surface area (Å²) in [5, 5.41) is 10.7. The van der Waals surface area contributed by atoms with Crippen molar-refractivity contribution in [1.29, 1.82) is 0 Å². The molecule has 1 unspecified atom stereocenters. The molecule has 1 aromatic heterocycles. The van der Waals surface area contributed by atoms with Crippen LogP contribution in [-0.2, 0) is 19.6 Å². The van der Waals surface area contributed by atoms with Crippen LogP contribution in [-0.4, -0.2) is 49.6 Å². The highest BCUT2D eigenvalue weighted by molar-refractivity contribution is 9.10. The van der Waals surface area contributed by atoms with Gasteiger partial charge < -0.3 is 9.84 Å². The molecule has 18 heavy (non-hydrogen) atoms. The van der Waals surface area contributed by atoms with Gasteiger partial charge in [0, 0.05) is 11.0 Å². The van der Waals surface area contributed by atoms with E-state index in [4.69, 9.17) is 9.84 Å². The van der Waals surface area contributed by atoms with Crippen LogP contribution >= 0.6 is 27.3 Å². The van der Waals surface area contributed by atoms with Gasteiger partial charge in [-0.2, -0.15) is 4.31 Å². The maximum absolute atomic E-state index is 12.4. The lowest BCUT2D eigenvalue weighted by molar-refractivity contribution is -0.146. The van der Waals surface area contributed by atoms with E-state index in [1.807, 2.05) is 0 Å². The second-order valence-electron chi connectivity index (χ2n) is 3.60. The molecule has 1 aromatic rings. The minimum Gasteiger partial charge on any atom is -0.480 e. The molecule has 0 aliphatic carbocycles. The number of carboxylic acids is 1. The van der Waals surface area contributed by atoms with Crippen LogP contribution in [0.2, 0.25) is 0 Å². The van der Waals surface area contributed by atoms with Crippen molar-refractivity contribution in [2.45, 2.75) is 10.3 Å². The lowest BCUT2D eigenvalue weighted by Gasteiger charge is -2.31. The van der Waals surface area contributed by atoms with Crippen molar-refractivity contribution >= 4 is 43.3 Å². The van der Waals surface area contributed by atoms with Gasteiger partial charge in [0.05, 0.1) is 13.2 Å². The third kappa shape index (κ3) is 2.45. The molecule has 0 radical (unpaired) electrons. The number of rotatable bonds is 3. The van der Waals surface area contributed by atoms with Crippen LogP contribution in [0.5, 0.6) is 0 Å². The number of sulfonamides is 1. The number of halogens is 1. The smallest absolute Gasteiger partial charge is 0.324 e. The quantitative estimate of drug-likeness (QED) is 0.873. The maximum atomic E-state index is 12.4. The lowest BCUT2D eigenvalue weighted by atomic mass is 10.3. The van der Waals surface area contributed by atoms with Gasteiger partial charge in [-0.05, 0) is 27.4 Å². The van der Waals surface area contributed by atoms with Gasteiger partial charge in [0.15, 0.2) is 0 Å². The zero-order valence-corrected chi connectivity index (χ0v) is 12.3. The zero-order valence-electron chi connectivity index (χ0n) is 9.08.